The minimum atomic E-state index is -0.793. The Morgan fingerprint density at radius 3 is 2.94 bits per heavy atom. The van der Waals surface area contributed by atoms with Gasteiger partial charge in [0.15, 0.2) is 5.79 Å². The molecule has 2 atom stereocenters. The molecular formula is C12H15ClO3. The van der Waals surface area contributed by atoms with Crippen molar-refractivity contribution in [1.29, 1.82) is 0 Å². The Morgan fingerprint density at radius 2 is 2.25 bits per heavy atom. The first-order valence-electron chi connectivity index (χ1n) is 5.33. The van der Waals surface area contributed by atoms with E-state index in [0.29, 0.717) is 18.1 Å². The topological polar surface area (TPSA) is 38.7 Å². The highest BCUT2D eigenvalue weighted by Gasteiger charge is 2.39. The molecule has 1 fully saturated rings. The summed E-state index contributed by atoms with van der Waals surface area (Å²) in [5.41, 5.74) is 0.831. The van der Waals surface area contributed by atoms with Crippen LogP contribution in [0.5, 0.6) is 0 Å². The quantitative estimate of drug-likeness (QED) is 0.884. The van der Waals surface area contributed by atoms with Crippen molar-refractivity contribution in [2.75, 3.05) is 13.2 Å². The second-order valence-corrected chi connectivity index (χ2v) is 4.40. The molecule has 3 nitrogen and oxygen atoms in total. The summed E-state index contributed by atoms with van der Waals surface area (Å²) in [4.78, 5) is 0. The lowest BCUT2D eigenvalue weighted by Crippen LogP contribution is -2.24. The highest BCUT2D eigenvalue weighted by atomic mass is 35.5. The van der Waals surface area contributed by atoms with Crippen LogP contribution in [0, 0.1) is 0 Å². The molecule has 1 aliphatic heterocycles. The molecule has 16 heavy (non-hydrogen) atoms. The molecule has 0 amide bonds. The summed E-state index contributed by atoms with van der Waals surface area (Å²) >= 11 is 6.11. The summed E-state index contributed by atoms with van der Waals surface area (Å²) in [6.45, 7) is 2.44. The molecule has 4 heteroatoms. The van der Waals surface area contributed by atoms with E-state index in [-0.39, 0.29) is 12.7 Å². The van der Waals surface area contributed by atoms with E-state index in [9.17, 15) is 0 Å². The summed E-state index contributed by atoms with van der Waals surface area (Å²) in [6.07, 6.45) is 0.520. The average Bonchev–Trinajstić information content (AvgIpc) is 2.62. The lowest BCUT2D eigenvalue weighted by Gasteiger charge is -2.24. The molecule has 1 heterocycles. The lowest BCUT2D eigenvalue weighted by molar-refractivity contribution is -0.162. The average molecular weight is 243 g/mol. The number of halogens is 1. The van der Waals surface area contributed by atoms with E-state index in [4.69, 9.17) is 26.2 Å². The van der Waals surface area contributed by atoms with Crippen molar-refractivity contribution >= 4 is 11.6 Å². The number of hydrogen-bond donors (Lipinski definition) is 1. The van der Waals surface area contributed by atoms with E-state index >= 15 is 0 Å². The third kappa shape index (κ3) is 2.23. The summed E-state index contributed by atoms with van der Waals surface area (Å²) in [7, 11) is 0. The molecule has 0 radical (unpaired) electrons. The Kier molecular flexibility index (Phi) is 3.50. The van der Waals surface area contributed by atoms with E-state index < -0.39 is 5.79 Å². The summed E-state index contributed by atoms with van der Waals surface area (Å²) in [5, 5.41) is 9.49. The first kappa shape index (κ1) is 11.9. The number of benzene rings is 1. The van der Waals surface area contributed by atoms with Crippen LogP contribution in [0.2, 0.25) is 5.02 Å². The molecular weight excluding hydrogens is 228 g/mol. The minimum absolute atomic E-state index is 0.0636. The monoisotopic (exact) mass is 242 g/mol. The van der Waals surface area contributed by atoms with Crippen molar-refractivity contribution in [3.8, 4) is 0 Å². The van der Waals surface area contributed by atoms with Crippen molar-refractivity contribution in [3.63, 3.8) is 0 Å². The number of rotatable bonds is 3. The zero-order valence-corrected chi connectivity index (χ0v) is 9.91. The van der Waals surface area contributed by atoms with Gasteiger partial charge in [-0.1, -0.05) is 29.8 Å². The minimum Gasteiger partial charge on any atom is -0.396 e. The molecule has 1 aromatic rings. The molecule has 1 saturated heterocycles. The largest absolute Gasteiger partial charge is 0.396 e. The molecule has 2 unspecified atom stereocenters. The van der Waals surface area contributed by atoms with E-state index in [1.165, 1.54) is 0 Å². The zero-order valence-electron chi connectivity index (χ0n) is 9.15. The summed E-state index contributed by atoms with van der Waals surface area (Å²) in [6, 6.07) is 7.48. The molecule has 0 spiro atoms. The van der Waals surface area contributed by atoms with Crippen LogP contribution in [0.1, 0.15) is 18.9 Å². The van der Waals surface area contributed by atoms with Crippen LogP contribution in [0.3, 0.4) is 0 Å². The molecule has 1 aliphatic rings. The Morgan fingerprint density at radius 1 is 1.50 bits per heavy atom. The van der Waals surface area contributed by atoms with Gasteiger partial charge in [0.1, 0.15) is 0 Å². The second kappa shape index (κ2) is 4.72. The fourth-order valence-corrected chi connectivity index (χ4v) is 2.20. The highest BCUT2D eigenvalue weighted by molar-refractivity contribution is 6.31. The van der Waals surface area contributed by atoms with Gasteiger partial charge in [0.05, 0.1) is 12.7 Å². The Bertz CT molecular complexity index is 369. The van der Waals surface area contributed by atoms with Gasteiger partial charge in [0.2, 0.25) is 0 Å². The normalized spacial score (nSPS) is 29.6. The van der Waals surface area contributed by atoms with Crippen LogP contribution in [-0.2, 0) is 15.3 Å². The maximum absolute atomic E-state index is 8.86. The van der Waals surface area contributed by atoms with Gasteiger partial charge in [0, 0.05) is 17.2 Å². The first-order chi connectivity index (χ1) is 7.65. The third-order valence-electron chi connectivity index (χ3n) is 2.75. The smallest absolute Gasteiger partial charge is 0.193 e. The number of aliphatic hydroxyl groups is 1. The molecule has 1 aromatic carbocycles. The van der Waals surface area contributed by atoms with Gasteiger partial charge in [-0.15, -0.1) is 0 Å². The van der Waals surface area contributed by atoms with E-state index in [0.717, 1.165) is 5.56 Å². The van der Waals surface area contributed by atoms with Crippen molar-refractivity contribution < 1.29 is 14.6 Å². The summed E-state index contributed by atoms with van der Waals surface area (Å²) < 4.78 is 11.4. The van der Waals surface area contributed by atoms with Gasteiger partial charge in [-0.25, -0.2) is 0 Å². The molecule has 0 aromatic heterocycles. The van der Waals surface area contributed by atoms with Crippen molar-refractivity contribution in [3.05, 3.63) is 34.9 Å². The van der Waals surface area contributed by atoms with Crippen molar-refractivity contribution in [2.24, 2.45) is 0 Å². The predicted molar refractivity (Wildman–Crippen MR) is 61.3 cm³/mol. The third-order valence-corrected chi connectivity index (χ3v) is 3.08. The van der Waals surface area contributed by atoms with Crippen LogP contribution in [0.4, 0.5) is 0 Å². The maximum Gasteiger partial charge on any atom is 0.193 e. The van der Waals surface area contributed by atoms with E-state index in [2.05, 4.69) is 0 Å². The van der Waals surface area contributed by atoms with Crippen LogP contribution in [0.25, 0.3) is 0 Å². The van der Waals surface area contributed by atoms with Crippen LogP contribution < -0.4 is 0 Å². The van der Waals surface area contributed by atoms with Gasteiger partial charge in [-0.05, 0) is 19.4 Å². The maximum atomic E-state index is 8.86. The number of hydrogen-bond acceptors (Lipinski definition) is 3. The first-order valence-corrected chi connectivity index (χ1v) is 5.71. The SMILES string of the molecule is CC1(c2ccccc2Cl)OCC(CCO)O1. The van der Waals surface area contributed by atoms with Crippen molar-refractivity contribution in [2.45, 2.75) is 25.2 Å². The van der Waals surface area contributed by atoms with Gasteiger partial charge < -0.3 is 14.6 Å². The molecule has 1 N–H and O–H groups in total. The Balaban J connectivity index is 2.18. The predicted octanol–water partition coefficient (Wildman–Crippen LogP) is 2.31. The Labute approximate surface area is 99.9 Å². The van der Waals surface area contributed by atoms with Crippen LogP contribution in [0.15, 0.2) is 24.3 Å². The van der Waals surface area contributed by atoms with E-state index in [1.807, 2.05) is 31.2 Å². The highest BCUT2D eigenvalue weighted by Crippen LogP contribution is 2.37. The van der Waals surface area contributed by atoms with Gasteiger partial charge in [0.25, 0.3) is 0 Å². The number of ether oxygens (including phenoxy) is 2. The fraction of sp³-hybridized carbons (Fsp3) is 0.500. The number of aliphatic hydroxyl groups excluding tert-OH is 1. The lowest BCUT2D eigenvalue weighted by atomic mass is 10.1. The van der Waals surface area contributed by atoms with Gasteiger partial charge in [-0.3, -0.25) is 0 Å². The zero-order chi connectivity index (χ0) is 11.6. The molecule has 0 aliphatic carbocycles. The van der Waals surface area contributed by atoms with E-state index in [1.54, 1.807) is 0 Å². The molecule has 0 saturated carbocycles. The van der Waals surface area contributed by atoms with Crippen molar-refractivity contribution in [1.82, 2.24) is 0 Å². The summed E-state index contributed by atoms with van der Waals surface area (Å²) in [5.74, 6) is -0.793. The second-order valence-electron chi connectivity index (χ2n) is 3.99. The molecule has 2 rings (SSSR count). The molecule has 88 valence electrons. The molecule has 0 bridgehead atoms. The van der Waals surface area contributed by atoms with Gasteiger partial charge >= 0.3 is 0 Å². The van der Waals surface area contributed by atoms with Crippen LogP contribution in [-0.4, -0.2) is 24.4 Å². The Hall–Kier alpha value is -0.610. The fourth-order valence-electron chi connectivity index (χ4n) is 1.90. The van der Waals surface area contributed by atoms with Gasteiger partial charge in [-0.2, -0.15) is 0 Å². The van der Waals surface area contributed by atoms with Crippen LogP contribution >= 0.6 is 11.6 Å². The standard InChI is InChI=1S/C12H15ClO3/c1-12(10-4-2-3-5-11(10)13)15-8-9(16-12)6-7-14/h2-5,9,14H,6-8H2,1H3.